The summed E-state index contributed by atoms with van der Waals surface area (Å²) in [5.41, 5.74) is 0. The molecule has 1 unspecified atom stereocenters. The molecule has 4 nitrogen and oxygen atoms in total. The Labute approximate surface area is 116 Å². The molecule has 116 valence electrons. The van der Waals surface area contributed by atoms with Crippen molar-refractivity contribution < 1.29 is 22.7 Å². The fraction of sp³-hybridized carbons (Fsp3) is 0.923. The summed E-state index contributed by atoms with van der Waals surface area (Å²) < 4.78 is 43.9. The number of hydrogen-bond donors (Lipinski definition) is 0. The van der Waals surface area contributed by atoms with Gasteiger partial charge in [0.15, 0.2) is 0 Å². The van der Waals surface area contributed by atoms with Gasteiger partial charge in [-0.25, -0.2) is 0 Å². The number of rotatable bonds is 1. The second-order valence-electron chi connectivity index (χ2n) is 5.82. The summed E-state index contributed by atoms with van der Waals surface area (Å²) in [5.74, 6) is -1.71. The van der Waals surface area contributed by atoms with Crippen LogP contribution >= 0.6 is 0 Å². The predicted octanol–water partition coefficient (Wildman–Crippen LogP) is 1.51. The van der Waals surface area contributed by atoms with Crippen molar-refractivity contribution in [1.29, 1.82) is 0 Å². The van der Waals surface area contributed by atoms with Gasteiger partial charge in [-0.2, -0.15) is 13.2 Å². The maximum atomic E-state index is 12.8. The van der Waals surface area contributed by atoms with Gasteiger partial charge in [0, 0.05) is 26.2 Å². The van der Waals surface area contributed by atoms with Crippen LogP contribution in [-0.2, 0) is 9.53 Å². The summed E-state index contributed by atoms with van der Waals surface area (Å²) in [5, 5.41) is 0. The quantitative estimate of drug-likeness (QED) is 0.735. The fourth-order valence-corrected chi connectivity index (χ4v) is 2.95. The van der Waals surface area contributed by atoms with Gasteiger partial charge in [-0.3, -0.25) is 4.79 Å². The molecule has 0 N–H and O–H groups in total. The van der Waals surface area contributed by atoms with Crippen LogP contribution < -0.4 is 0 Å². The second-order valence-corrected chi connectivity index (χ2v) is 5.82. The predicted molar refractivity (Wildman–Crippen MR) is 67.2 cm³/mol. The van der Waals surface area contributed by atoms with Gasteiger partial charge < -0.3 is 14.5 Å². The van der Waals surface area contributed by atoms with Crippen LogP contribution in [0.15, 0.2) is 0 Å². The molecule has 0 aromatic carbocycles. The SMILES string of the molecule is C[C@@H]1CN(C)C[C@H](C(=O)N2CCCC(C(F)(F)F)C2)O1. The van der Waals surface area contributed by atoms with Crippen LogP contribution in [0.3, 0.4) is 0 Å². The highest BCUT2D eigenvalue weighted by Gasteiger charge is 2.44. The van der Waals surface area contributed by atoms with E-state index in [9.17, 15) is 18.0 Å². The highest BCUT2D eigenvalue weighted by molar-refractivity contribution is 5.81. The minimum absolute atomic E-state index is 0.0779. The maximum absolute atomic E-state index is 12.8. The first-order valence-electron chi connectivity index (χ1n) is 6.97. The van der Waals surface area contributed by atoms with Crippen molar-refractivity contribution >= 4 is 5.91 Å². The average molecular weight is 294 g/mol. The lowest BCUT2D eigenvalue weighted by molar-refractivity contribution is -0.191. The standard InChI is InChI=1S/C13H21F3N2O2/c1-9-6-17(2)8-11(20-9)12(19)18-5-3-4-10(7-18)13(14,15)16/h9-11H,3-8H2,1-2H3/t9-,10?,11-/m1/s1. The van der Waals surface area contributed by atoms with Crippen molar-refractivity contribution in [2.75, 3.05) is 33.2 Å². The molecule has 0 spiro atoms. The summed E-state index contributed by atoms with van der Waals surface area (Å²) in [6, 6.07) is 0. The molecule has 0 saturated carbocycles. The normalized spacial score (nSPS) is 33.2. The van der Waals surface area contributed by atoms with E-state index < -0.39 is 18.2 Å². The van der Waals surface area contributed by atoms with E-state index in [4.69, 9.17) is 4.74 Å². The molecule has 0 aromatic rings. The summed E-state index contributed by atoms with van der Waals surface area (Å²) in [4.78, 5) is 15.6. The Bertz CT molecular complexity index is 352. The van der Waals surface area contributed by atoms with E-state index in [1.807, 2.05) is 18.9 Å². The number of carbonyl (C=O) groups excluding carboxylic acids is 1. The Balaban J connectivity index is 1.98. The van der Waals surface area contributed by atoms with Gasteiger partial charge in [0.05, 0.1) is 12.0 Å². The van der Waals surface area contributed by atoms with Crippen LogP contribution in [0.1, 0.15) is 19.8 Å². The molecule has 2 fully saturated rings. The Morgan fingerprint density at radius 1 is 1.25 bits per heavy atom. The van der Waals surface area contributed by atoms with E-state index in [1.165, 1.54) is 4.90 Å². The molecule has 2 saturated heterocycles. The zero-order valence-electron chi connectivity index (χ0n) is 11.8. The Morgan fingerprint density at radius 3 is 2.55 bits per heavy atom. The zero-order valence-corrected chi connectivity index (χ0v) is 11.8. The van der Waals surface area contributed by atoms with Crippen molar-refractivity contribution in [3.63, 3.8) is 0 Å². The van der Waals surface area contributed by atoms with E-state index in [0.717, 1.165) is 6.54 Å². The third-order valence-corrected chi connectivity index (χ3v) is 3.91. The highest BCUT2D eigenvalue weighted by atomic mass is 19.4. The topological polar surface area (TPSA) is 32.8 Å². The molecule has 0 aliphatic carbocycles. The molecule has 2 aliphatic rings. The molecular weight excluding hydrogens is 273 g/mol. The number of amides is 1. The van der Waals surface area contributed by atoms with Gasteiger partial charge in [0.2, 0.25) is 0 Å². The number of likely N-dealkylation sites (N-methyl/N-ethyl adjacent to an activating group) is 1. The van der Waals surface area contributed by atoms with Gasteiger partial charge in [-0.05, 0) is 26.8 Å². The van der Waals surface area contributed by atoms with E-state index in [-0.39, 0.29) is 25.0 Å². The second kappa shape index (κ2) is 5.89. The van der Waals surface area contributed by atoms with Gasteiger partial charge in [-0.1, -0.05) is 0 Å². The van der Waals surface area contributed by atoms with E-state index in [2.05, 4.69) is 0 Å². The molecule has 2 heterocycles. The summed E-state index contributed by atoms with van der Waals surface area (Å²) >= 11 is 0. The molecule has 0 aromatic heterocycles. The third kappa shape index (κ3) is 3.63. The third-order valence-electron chi connectivity index (χ3n) is 3.91. The van der Waals surface area contributed by atoms with Crippen molar-refractivity contribution in [2.24, 2.45) is 5.92 Å². The van der Waals surface area contributed by atoms with Crippen LogP contribution in [0.2, 0.25) is 0 Å². The number of carbonyl (C=O) groups is 1. The number of alkyl halides is 3. The smallest absolute Gasteiger partial charge is 0.363 e. The summed E-state index contributed by atoms with van der Waals surface area (Å²) in [7, 11) is 1.88. The van der Waals surface area contributed by atoms with Crippen molar-refractivity contribution in [3.8, 4) is 0 Å². The summed E-state index contributed by atoms with van der Waals surface area (Å²) in [6.07, 6.45) is -4.44. The van der Waals surface area contributed by atoms with Gasteiger partial charge in [0.25, 0.3) is 5.91 Å². The van der Waals surface area contributed by atoms with Gasteiger partial charge in [-0.15, -0.1) is 0 Å². The van der Waals surface area contributed by atoms with E-state index >= 15 is 0 Å². The first kappa shape index (κ1) is 15.6. The first-order chi connectivity index (χ1) is 9.27. The largest absolute Gasteiger partial charge is 0.393 e. The molecule has 20 heavy (non-hydrogen) atoms. The Morgan fingerprint density at radius 2 is 1.95 bits per heavy atom. The van der Waals surface area contributed by atoms with Crippen LogP contribution in [-0.4, -0.2) is 67.3 Å². The minimum atomic E-state index is -4.23. The first-order valence-corrected chi connectivity index (χ1v) is 6.97. The van der Waals surface area contributed by atoms with Crippen molar-refractivity contribution in [3.05, 3.63) is 0 Å². The van der Waals surface area contributed by atoms with Gasteiger partial charge in [0.1, 0.15) is 6.10 Å². The lowest BCUT2D eigenvalue weighted by Gasteiger charge is -2.39. The minimum Gasteiger partial charge on any atom is -0.363 e. The molecular formula is C13H21F3N2O2. The number of halogens is 3. The van der Waals surface area contributed by atoms with Crippen molar-refractivity contribution in [1.82, 2.24) is 9.80 Å². The molecule has 0 radical (unpaired) electrons. The molecule has 1 amide bonds. The molecule has 7 heteroatoms. The monoisotopic (exact) mass is 294 g/mol. The van der Waals surface area contributed by atoms with Crippen LogP contribution in [0.5, 0.6) is 0 Å². The number of piperidine rings is 1. The van der Waals surface area contributed by atoms with Crippen molar-refractivity contribution in [2.45, 2.75) is 38.1 Å². The molecule has 2 rings (SSSR count). The Hall–Kier alpha value is -0.820. The van der Waals surface area contributed by atoms with Crippen LogP contribution in [0, 0.1) is 5.92 Å². The van der Waals surface area contributed by atoms with Crippen LogP contribution in [0.4, 0.5) is 13.2 Å². The lowest BCUT2D eigenvalue weighted by atomic mass is 9.97. The highest BCUT2D eigenvalue weighted by Crippen LogP contribution is 2.33. The molecule has 0 bridgehead atoms. The lowest BCUT2D eigenvalue weighted by Crippen LogP contribution is -2.55. The average Bonchev–Trinajstić information content (AvgIpc) is 2.36. The van der Waals surface area contributed by atoms with Gasteiger partial charge >= 0.3 is 6.18 Å². The molecule has 3 atom stereocenters. The van der Waals surface area contributed by atoms with E-state index in [0.29, 0.717) is 19.5 Å². The number of nitrogens with zero attached hydrogens (tertiary/aromatic N) is 2. The Kier molecular flexibility index (Phi) is 4.59. The summed E-state index contributed by atoms with van der Waals surface area (Å²) in [6.45, 7) is 3.19. The molecule has 2 aliphatic heterocycles. The number of hydrogen-bond acceptors (Lipinski definition) is 3. The van der Waals surface area contributed by atoms with Crippen LogP contribution in [0.25, 0.3) is 0 Å². The number of morpholine rings is 1. The number of ether oxygens (including phenoxy) is 1. The number of likely N-dealkylation sites (tertiary alicyclic amines) is 1. The van der Waals surface area contributed by atoms with E-state index in [1.54, 1.807) is 0 Å². The fourth-order valence-electron chi connectivity index (χ4n) is 2.95. The zero-order chi connectivity index (χ0) is 14.9. The maximum Gasteiger partial charge on any atom is 0.393 e.